The zero-order valence-electron chi connectivity index (χ0n) is 24.2. The highest BCUT2D eigenvalue weighted by molar-refractivity contribution is 5.08. The highest BCUT2D eigenvalue weighted by Crippen LogP contribution is 2.43. The lowest BCUT2D eigenvalue weighted by molar-refractivity contribution is 0.285. The Labute approximate surface area is 217 Å². The summed E-state index contributed by atoms with van der Waals surface area (Å²) in [4.78, 5) is 0. The normalized spacial score (nSPS) is 56.6. The molecule has 0 amide bonds. The first-order valence-corrected chi connectivity index (χ1v) is 15.8. The van der Waals surface area contributed by atoms with Crippen LogP contribution in [-0.4, -0.2) is 48.3 Å². The van der Waals surface area contributed by atoms with Crippen molar-refractivity contribution in [2.45, 2.75) is 149 Å². The Morgan fingerprint density at radius 1 is 0.371 bits per heavy atom. The quantitative estimate of drug-likeness (QED) is 0.444. The second-order valence-corrected chi connectivity index (χ2v) is 14.0. The van der Waals surface area contributed by atoms with Gasteiger partial charge in [-0.3, -0.25) is 0 Å². The third kappa shape index (κ3) is 4.66. The molecule has 8 bridgehead atoms. The second-order valence-electron chi connectivity index (χ2n) is 14.0. The first kappa shape index (κ1) is 26.4. The van der Waals surface area contributed by atoms with Crippen molar-refractivity contribution in [2.75, 3.05) is 0 Å². The van der Waals surface area contributed by atoms with Crippen LogP contribution in [0.2, 0.25) is 0 Å². The molecule has 5 fully saturated rings. The smallest absolute Gasteiger partial charge is 0.0116 e. The summed E-state index contributed by atoms with van der Waals surface area (Å²) in [7, 11) is 0. The number of nitrogens with one attached hydrogen (secondary N) is 4. The molecule has 5 saturated heterocycles. The third-order valence-electron chi connectivity index (χ3n) is 12.7. The van der Waals surface area contributed by atoms with E-state index in [4.69, 9.17) is 0 Å². The summed E-state index contributed by atoms with van der Waals surface area (Å²) in [6.45, 7) is 20.1. The van der Waals surface area contributed by atoms with Gasteiger partial charge in [-0.15, -0.1) is 0 Å². The average molecular weight is 487 g/mol. The van der Waals surface area contributed by atoms with Gasteiger partial charge in [-0.2, -0.15) is 0 Å². The van der Waals surface area contributed by atoms with E-state index in [0.717, 1.165) is 47.3 Å². The Morgan fingerprint density at radius 2 is 0.600 bits per heavy atom. The molecule has 0 radical (unpaired) electrons. The minimum atomic E-state index is 0.659. The Bertz CT molecular complexity index is 710. The summed E-state index contributed by atoms with van der Waals surface area (Å²) in [6, 6.07) is 5.33. The van der Waals surface area contributed by atoms with Crippen LogP contribution in [0, 0.1) is 47.3 Å². The van der Waals surface area contributed by atoms with Crippen molar-refractivity contribution in [3.05, 3.63) is 0 Å². The average Bonchev–Trinajstić information content (AvgIpc) is 3.48. The molecule has 4 N–H and O–H groups in total. The van der Waals surface area contributed by atoms with Gasteiger partial charge in [0, 0.05) is 48.3 Å². The van der Waals surface area contributed by atoms with Crippen molar-refractivity contribution in [3.8, 4) is 0 Å². The van der Waals surface area contributed by atoms with Crippen molar-refractivity contribution in [2.24, 2.45) is 47.3 Å². The monoisotopic (exact) mass is 486 g/mol. The lowest BCUT2D eigenvalue weighted by Gasteiger charge is -2.27. The van der Waals surface area contributed by atoms with Gasteiger partial charge in [-0.25, -0.2) is 0 Å². The molecular formula is C31H58N4. The van der Waals surface area contributed by atoms with E-state index in [0.29, 0.717) is 48.3 Å². The van der Waals surface area contributed by atoms with Crippen LogP contribution in [0.25, 0.3) is 0 Å². The van der Waals surface area contributed by atoms with Crippen molar-refractivity contribution in [1.29, 1.82) is 0 Å². The minimum absolute atomic E-state index is 0.659. The van der Waals surface area contributed by atoms with Crippen molar-refractivity contribution in [3.63, 3.8) is 0 Å². The lowest BCUT2D eigenvalue weighted by Crippen LogP contribution is -2.45. The molecule has 0 aromatic carbocycles. The van der Waals surface area contributed by atoms with Crippen LogP contribution in [-0.2, 0) is 0 Å². The molecule has 0 aromatic heterocycles. The van der Waals surface area contributed by atoms with Crippen molar-refractivity contribution < 1.29 is 0 Å². The topological polar surface area (TPSA) is 48.1 Å². The maximum absolute atomic E-state index is 4.25. The highest BCUT2D eigenvalue weighted by Gasteiger charge is 2.50. The first-order valence-electron chi connectivity index (χ1n) is 15.8. The summed E-state index contributed by atoms with van der Waals surface area (Å²) >= 11 is 0. The van der Waals surface area contributed by atoms with Gasteiger partial charge >= 0.3 is 0 Å². The molecule has 0 aliphatic carbocycles. The van der Waals surface area contributed by atoms with Gasteiger partial charge in [-0.05, 0) is 73.0 Å². The number of hydrogen-bond acceptors (Lipinski definition) is 4. The van der Waals surface area contributed by atoms with E-state index in [1.807, 2.05) is 0 Å². The summed E-state index contributed by atoms with van der Waals surface area (Å²) in [5.74, 6) is 6.32. The zero-order chi connectivity index (χ0) is 25.0. The van der Waals surface area contributed by atoms with Crippen molar-refractivity contribution >= 4 is 0 Å². The predicted molar refractivity (Wildman–Crippen MR) is 148 cm³/mol. The van der Waals surface area contributed by atoms with Gasteiger partial charge in [0.2, 0.25) is 0 Å². The molecule has 5 aliphatic rings. The van der Waals surface area contributed by atoms with E-state index < -0.39 is 0 Å². The molecule has 5 rings (SSSR count). The maximum Gasteiger partial charge on any atom is 0.0116 e. The molecule has 0 spiro atoms. The Morgan fingerprint density at radius 3 is 0.886 bits per heavy atom. The van der Waals surface area contributed by atoms with Gasteiger partial charge in [0.05, 0.1) is 0 Å². The lowest BCUT2D eigenvalue weighted by atomic mass is 9.77. The Balaban J connectivity index is 1.44. The van der Waals surface area contributed by atoms with Gasteiger partial charge in [-0.1, -0.05) is 74.7 Å². The molecule has 0 saturated carbocycles. The van der Waals surface area contributed by atoms with Crippen molar-refractivity contribution in [1.82, 2.24) is 21.3 Å². The van der Waals surface area contributed by atoms with Crippen LogP contribution in [0.5, 0.6) is 0 Å². The van der Waals surface area contributed by atoms with E-state index in [1.165, 1.54) is 44.9 Å². The van der Waals surface area contributed by atoms with E-state index >= 15 is 0 Å². The number of hydrogen-bond donors (Lipinski definition) is 4. The largest absolute Gasteiger partial charge is 0.311 e. The van der Waals surface area contributed by atoms with Gasteiger partial charge in [0.25, 0.3) is 0 Å². The number of fused-ring (bicyclic) bond motifs is 8. The highest BCUT2D eigenvalue weighted by atomic mass is 15.1. The number of rotatable bonds is 3. The third-order valence-corrected chi connectivity index (χ3v) is 12.7. The Hall–Kier alpha value is -0.160. The van der Waals surface area contributed by atoms with E-state index in [2.05, 4.69) is 76.7 Å². The van der Waals surface area contributed by atoms with Crippen LogP contribution in [0.3, 0.4) is 0 Å². The fraction of sp³-hybridized carbons (Fsp3) is 1.00. The summed E-state index contributed by atoms with van der Waals surface area (Å²) in [6.07, 6.45) is 9.18. The fourth-order valence-corrected chi connectivity index (χ4v) is 10.2. The molecule has 4 nitrogen and oxygen atoms in total. The van der Waals surface area contributed by atoms with Crippen LogP contribution in [0.1, 0.15) is 100 Å². The van der Waals surface area contributed by atoms with Crippen LogP contribution < -0.4 is 21.3 Å². The molecule has 0 aromatic rings. The van der Waals surface area contributed by atoms with Gasteiger partial charge < -0.3 is 21.3 Å². The van der Waals surface area contributed by atoms with Gasteiger partial charge in [0.15, 0.2) is 0 Å². The minimum Gasteiger partial charge on any atom is -0.311 e. The zero-order valence-corrected chi connectivity index (χ0v) is 24.2. The first-order chi connectivity index (χ1) is 16.8. The summed E-state index contributed by atoms with van der Waals surface area (Å²) in [5.41, 5.74) is 0. The summed E-state index contributed by atoms with van der Waals surface area (Å²) in [5, 5.41) is 16.9. The molecular weight excluding hydrogens is 428 g/mol. The molecule has 5 heterocycles. The Kier molecular flexibility index (Phi) is 7.97. The van der Waals surface area contributed by atoms with E-state index in [9.17, 15) is 0 Å². The molecule has 5 aliphatic heterocycles. The standard InChI is InChI=1S/C31H58N4/c1-9-21-18(6)26-12-24-16(4)17(5)25(32-24)13-29-22(10-2)19(7)27(34-29)15-31-23(11-3)20(8)28(35-31)14-30(21)33-26/h16-35H,9-15H2,1-8H3. The maximum atomic E-state index is 4.25. The molecule has 202 valence electrons. The molecule has 35 heavy (non-hydrogen) atoms. The van der Waals surface area contributed by atoms with E-state index in [1.54, 1.807) is 0 Å². The van der Waals surface area contributed by atoms with Crippen LogP contribution in [0.4, 0.5) is 0 Å². The SMILES string of the molecule is CCC1C2CC3NC(CC4NC(CC5NC(CC(N2)C1C)C(CC)C5C)C(CC)C4C)C(C)C3C. The molecule has 16 unspecified atom stereocenters. The van der Waals surface area contributed by atoms with Crippen LogP contribution in [0.15, 0.2) is 0 Å². The van der Waals surface area contributed by atoms with Crippen LogP contribution >= 0.6 is 0 Å². The van der Waals surface area contributed by atoms with Gasteiger partial charge in [0.1, 0.15) is 0 Å². The fourth-order valence-electron chi connectivity index (χ4n) is 10.2. The molecule has 16 atom stereocenters. The summed E-state index contributed by atoms with van der Waals surface area (Å²) < 4.78 is 0. The predicted octanol–water partition coefficient (Wildman–Crippen LogP) is 5.18. The molecule has 4 heteroatoms. The van der Waals surface area contributed by atoms with E-state index in [-0.39, 0.29) is 0 Å². The second kappa shape index (κ2) is 10.5.